The molecule has 0 bridgehead atoms. The second kappa shape index (κ2) is 3.40. The fraction of sp³-hybridized carbons (Fsp3) is 0.800. The van der Waals surface area contributed by atoms with Crippen molar-refractivity contribution < 1.29 is 4.74 Å². The van der Waals surface area contributed by atoms with E-state index in [2.05, 4.69) is 27.4 Å². The van der Waals surface area contributed by atoms with Crippen LogP contribution in [-0.4, -0.2) is 12.2 Å². The minimum absolute atomic E-state index is 0.267. The molecule has 0 radical (unpaired) electrons. The molecule has 64 valence electrons. The smallest absolute Gasteiger partial charge is 0.0760 e. The van der Waals surface area contributed by atoms with Gasteiger partial charge in [-0.05, 0) is 31.3 Å². The predicted molar refractivity (Wildman–Crippen MR) is 47.5 cm³/mol. The fourth-order valence-corrected chi connectivity index (χ4v) is 1.64. The maximum atomic E-state index is 5.72. The zero-order chi connectivity index (χ0) is 8.43. The van der Waals surface area contributed by atoms with E-state index in [9.17, 15) is 0 Å². The summed E-state index contributed by atoms with van der Waals surface area (Å²) in [6.45, 7) is 10.5. The Hall–Kier alpha value is -0.300. The molecular formula is C10H18O. The van der Waals surface area contributed by atoms with E-state index in [1.54, 1.807) is 0 Å². The summed E-state index contributed by atoms with van der Waals surface area (Å²) in [6.07, 6.45) is 3.01. The molecule has 1 heteroatoms. The summed E-state index contributed by atoms with van der Waals surface area (Å²) in [5, 5.41) is 0. The lowest BCUT2D eigenvalue weighted by Crippen LogP contribution is -2.31. The van der Waals surface area contributed by atoms with Gasteiger partial charge < -0.3 is 4.74 Å². The maximum Gasteiger partial charge on any atom is 0.0760 e. The summed E-state index contributed by atoms with van der Waals surface area (Å²) in [5.74, 6) is 0.642. The average Bonchev–Trinajstić information content (AvgIpc) is 1.99. The predicted octanol–water partition coefficient (Wildman–Crippen LogP) is 2.77. The van der Waals surface area contributed by atoms with Crippen LogP contribution in [0.2, 0.25) is 0 Å². The van der Waals surface area contributed by atoms with Crippen LogP contribution >= 0.6 is 0 Å². The largest absolute Gasteiger partial charge is 0.371 e. The highest BCUT2D eigenvalue weighted by Gasteiger charge is 2.25. The third kappa shape index (κ3) is 1.84. The van der Waals surface area contributed by atoms with Crippen molar-refractivity contribution in [2.45, 2.75) is 45.8 Å². The van der Waals surface area contributed by atoms with E-state index >= 15 is 0 Å². The lowest BCUT2D eigenvalue weighted by Gasteiger charge is -2.33. The van der Waals surface area contributed by atoms with E-state index in [0.717, 1.165) is 12.8 Å². The topological polar surface area (TPSA) is 9.23 Å². The lowest BCUT2D eigenvalue weighted by atomic mass is 9.89. The van der Waals surface area contributed by atoms with Gasteiger partial charge in [0, 0.05) is 0 Å². The van der Waals surface area contributed by atoms with E-state index in [0.29, 0.717) is 12.0 Å². The van der Waals surface area contributed by atoms with Gasteiger partial charge in [0.2, 0.25) is 0 Å². The van der Waals surface area contributed by atoms with Crippen molar-refractivity contribution in [2.24, 2.45) is 5.92 Å². The highest BCUT2D eigenvalue weighted by atomic mass is 16.5. The normalized spacial score (nSPS) is 39.2. The first-order valence-electron chi connectivity index (χ1n) is 4.49. The van der Waals surface area contributed by atoms with Crippen molar-refractivity contribution >= 4 is 0 Å². The molecule has 0 aliphatic carbocycles. The minimum atomic E-state index is 0.267. The highest BCUT2D eigenvalue weighted by molar-refractivity contribution is 5.08. The third-order valence-corrected chi connectivity index (χ3v) is 2.62. The number of hydrogen-bond acceptors (Lipinski definition) is 1. The summed E-state index contributed by atoms with van der Waals surface area (Å²) < 4.78 is 5.72. The summed E-state index contributed by atoms with van der Waals surface area (Å²) in [4.78, 5) is 0. The van der Waals surface area contributed by atoms with Gasteiger partial charge in [-0.2, -0.15) is 0 Å². The van der Waals surface area contributed by atoms with E-state index in [4.69, 9.17) is 4.74 Å². The van der Waals surface area contributed by atoms with Crippen LogP contribution in [0.5, 0.6) is 0 Å². The van der Waals surface area contributed by atoms with Gasteiger partial charge in [-0.25, -0.2) is 0 Å². The first-order valence-corrected chi connectivity index (χ1v) is 4.49. The summed E-state index contributed by atoms with van der Waals surface area (Å²) in [5.41, 5.74) is 1.26. The summed E-state index contributed by atoms with van der Waals surface area (Å²) in [7, 11) is 0. The molecule has 1 aliphatic rings. The standard InChI is InChI=1S/C10H18O/c1-5-10-6-7(2)8(3)9(4)11-10/h7,9-10H,3,5-6H2,1-2,4H3/t7?,9?,10-/m0/s1. The molecule has 2 unspecified atom stereocenters. The van der Waals surface area contributed by atoms with Crippen molar-refractivity contribution in [2.75, 3.05) is 0 Å². The molecule has 0 saturated carbocycles. The van der Waals surface area contributed by atoms with Crippen LogP contribution in [0.3, 0.4) is 0 Å². The Kier molecular flexibility index (Phi) is 2.72. The molecule has 0 aromatic rings. The van der Waals surface area contributed by atoms with Crippen LogP contribution in [0.1, 0.15) is 33.6 Å². The molecule has 1 fully saturated rings. The molecule has 0 spiro atoms. The van der Waals surface area contributed by atoms with Gasteiger partial charge in [-0.3, -0.25) is 0 Å². The SMILES string of the molecule is C=C1C(C)C[C@H](CC)OC1C. The van der Waals surface area contributed by atoms with Gasteiger partial charge in [0.15, 0.2) is 0 Å². The molecule has 11 heavy (non-hydrogen) atoms. The third-order valence-electron chi connectivity index (χ3n) is 2.62. The van der Waals surface area contributed by atoms with E-state index in [1.807, 2.05) is 0 Å². The minimum Gasteiger partial charge on any atom is -0.371 e. The zero-order valence-corrected chi connectivity index (χ0v) is 7.76. The van der Waals surface area contributed by atoms with E-state index in [-0.39, 0.29) is 6.10 Å². The monoisotopic (exact) mass is 154 g/mol. The van der Waals surface area contributed by atoms with E-state index in [1.165, 1.54) is 5.57 Å². The Morgan fingerprint density at radius 1 is 1.55 bits per heavy atom. The Morgan fingerprint density at radius 3 is 2.64 bits per heavy atom. The molecule has 1 heterocycles. The van der Waals surface area contributed by atoms with Crippen molar-refractivity contribution in [1.29, 1.82) is 0 Å². The van der Waals surface area contributed by atoms with Gasteiger partial charge in [0.05, 0.1) is 12.2 Å². The van der Waals surface area contributed by atoms with Crippen molar-refractivity contribution in [3.05, 3.63) is 12.2 Å². The van der Waals surface area contributed by atoms with E-state index < -0.39 is 0 Å². The molecule has 0 amide bonds. The molecule has 0 aromatic carbocycles. The second-order valence-corrected chi connectivity index (χ2v) is 3.52. The molecule has 1 aliphatic heterocycles. The quantitative estimate of drug-likeness (QED) is 0.528. The number of rotatable bonds is 1. The first-order chi connectivity index (χ1) is 5.15. The van der Waals surface area contributed by atoms with Gasteiger partial charge in [-0.1, -0.05) is 20.4 Å². The Balaban J connectivity index is 2.54. The molecule has 1 rings (SSSR count). The number of hydrogen-bond donors (Lipinski definition) is 0. The Labute approximate surface area is 69.4 Å². The van der Waals surface area contributed by atoms with Crippen LogP contribution in [0.4, 0.5) is 0 Å². The highest BCUT2D eigenvalue weighted by Crippen LogP contribution is 2.29. The van der Waals surface area contributed by atoms with Crippen LogP contribution in [0.15, 0.2) is 12.2 Å². The fourth-order valence-electron chi connectivity index (χ4n) is 1.64. The van der Waals surface area contributed by atoms with Crippen molar-refractivity contribution in [3.63, 3.8) is 0 Å². The molecule has 1 saturated heterocycles. The van der Waals surface area contributed by atoms with Crippen LogP contribution in [-0.2, 0) is 4.74 Å². The average molecular weight is 154 g/mol. The van der Waals surface area contributed by atoms with Crippen molar-refractivity contribution in [1.82, 2.24) is 0 Å². The molecule has 1 nitrogen and oxygen atoms in total. The van der Waals surface area contributed by atoms with Gasteiger partial charge in [0.25, 0.3) is 0 Å². The zero-order valence-electron chi connectivity index (χ0n) is 7.76. The summed E-state index contributed by atoms with van der Waals surface area (Å²) in [6, 6.07) is 0. The van der Waals surface area contributed by atoms with Crippen LogP contribution in [0, 0.1) is 5.92 Å². The van der Waals surface area contributed by atoms with Crippen LogP contribution < -0.4 is 0 Å². The molecular weight excluding hydrogens is 136 g/mol. The molecule has 3 atom stereocenters. The van der Waals surface area contributed by atoms with Gasteiger partial charge >= 0.3 is 0 Å². The van der Waals surface area contributed by atoms with Crippen molar-refractivity contribution in [3.8, 4) is 0 Å². The molecule has 0 aromatic heterocycles. The first kappa shape index (κ1) is 8.79. The Bertz CT molecular complexity index is 137. The number of ether oxygens (including phenoxy) is 1. The molecule has 0 N–H and O–H groups in total. The second-order valence-electron chi connectivity index (χ2n) is 3.52. The Morgan fingerprint density at radius 2 is 2.18 bits per heavy atom. The van der Waals surface area contributed by atoms with Crippen LogP contribution in [0.25, 0.3) is 0 Å². The maximum absolute atomic E-state index is 5.72. The van der Waals surface area contributed by atoms with Gasteiger partial charge in [-0.15, -0.1) is 0 Å². The van der Waals surface area contributed by atoms with Gasteiger partial charge in [0.1, 0.15) is 0 Å². The summed E-state index contributed by atoms with van der Waals surface area (Å²) >= 11 is 0. The lowest BCUT2D eigenvalue weighted by molar-refractivity contribution is -0.0248.